The van der Waals surface area contributed by atoms with E-state index in [0.29, 0.717) is 11.3 Å². The van der Waals surface area contributed by atoms with Crippen LogP contribution in [0.1, 0.15) is 19.4 Å². The number of carbonyl (C=O) groups is 1. The maximum Gasteiger partial charge on any atom is 0.387 e. The minimum absolute atomic E-state index is 0.132. The van der Waals surface area contributed by atoms with Crippen molar-refractivity contribution in [3.05, 3.63) is 35.4 Å². The summed E-state index contributed by atoms with van der Waals surface area (Å²) in [6.07, 6.45) is 0. The SMILES string of the molecule is CO/N=C(\C(=[N+]=[N-])C(=O)C(C)C)c1ccc(OC)cc1. The van der Waals surface area contributed by atoms with Crippen LogP contribution in [0.5, 0.6) is 5.75 Å². The lowest BCUT2D eigenvalue weighted by molar-refractivity contribution is -0.119. The molecule has 106 valence electrons. The first kappa shape index (κ1) is 15.6. The summed E-state index contributed by atoms with van der Waals surface area (Å²) in [5.41, 5.74) is 9.75. The summed E-state index contributed by atoms with van der Waals surface area (Å²) in [4.78, 5) is 19.8. The number of ketones is 1. The van der Waals surface area contributed by atoms with E-state index in [9.17, 15) is 4.79 Å². The lowest BCUT2D eigenvalue weighted by Crippen LogP contribution is -2.30. The molecule has 1 aromatic rings. The van der Waals surface area contributed by atoms with Gasteiger partial charge in [0.1, 0.15) is 12.9 Å². The van der Waals surface area contributed by atoms with Gasteiger partial charge in [-0.15, -0.1) is 0 Å². The summed E-state index contributed by atoms with van der Waals surface area (Å²) in [5.74, 6) is 0.0310. The molecule has 0 spiro atoms. The van der Waals surface area contributed by atoms with E-state index >= 15 is 0 Å². The summed E-state index contributed by atoms with van der Waals surface area (Å²) < 4.78 is 5.06. The molecule has 0 aliphatic carbocycles. The van der Waals surface area contributed by atoms with E-state index in [1.165, 1.54) is 7.11 Å². The number of ether oxygens (including phenoxy) is 1. The molecule has 0 heterocycles. The molecule has 1 aromatic carbocycles. The highest BCUT2D eigenvalue weighted by Gasteiger charge is 2.31. The van der Waals surface area contributed by atoms with Crippen LogP contribution < -0.4 is 4.74 Å². The van der Waals surface area contributed by atoms with Crippen molar-refractivity contribution in [2.24, 2.45) is 11.1 Å². The van der Waals surface area contributed by atoms with Gasteiger partial charge in [-0.3, -0.25) is 4.79 Å². The zero-order valence-electron chi connectivity index (χ0n) is 12.0. The Balaban J connectivity index is 3.26. The number of benzene rings is 1. The first-order valence-corrected chi connectivity index (χ1v) is 6.07. The number of oxime groups is 1. The summed E-state index contributed by atoms with van der Waals surface area (Å²) in [6, 6.07) is 6.84. The Morgan fingerprint density at radius 3 is 2.25 bits per heavy atom. The van der Waals surface area contributed by atoms with Gasteiger partial charge in [-0.05, 0) is 24.3 Å². The molecule has 6 heteroatoms. The van der Waals surface area contributed by atoms with Crippen molar-refractivity contribution < 1.29 is 19.2 Å². The Hall–Kier alpha value is -2.46. The van der Waals surface area contributed by atoms with E-state index in [-0.39, 0.29) is 23.1 Å². The molecule has 0 aliphatic rings. The van der Waals surface area contributed by atoms with E-state index in [1.54, 1.807) is 45.2 Å². The van der Waals surface area contributed by atoms with Crippen molar-refractivity contribution in [2.75, 3.05) is 14.2 Å². The second kappa shape index (κ2) is 7.21. The van der Waals surface area contributed by atoms with E-state index in [4.69, 9.17) is 15.1 Å². The third kappa shape index (κ3) is 3.52. The zero-order valence-corrected chi connectivity index (χ0v) is 12.0. The fourth-order valence-electron chi connectivity index (χ4n) is 1.56. The Kier molecular flexibility index (Phi) is 5.62. The highest BCUT2D eigenvalue weighted by molar-refractivity contribution is 6.68. The van der Waals surface area contributed by atoms with Crippen LogP contribution >= 0.6 is 0 Å². The van der Waals surface area contributed by atoms with Crippen LogP contribution in [0.2, 0.25) is 0 Å². The minimum atomic E-state index is -0.320. The number of rotatable bonds is 6. The highest BCUT2D eigenvalue weighted by Crippen LogP contribution is 2.13. The van der Waals surface area contributed by atoms with E-state index < -0.39 is 0 Å². The molecule has 0 N–H and O–H groups in total. The molecular formula is C14H17N3O3. The van der Waals surface area contributed by atoms with Crippen LogP contribution in [0.25, 0.3) is 5.53 Å². The molecule has 0 saturated heterocycles. The Morgan fingerprint density at radius 2 is 1.85 bits per heavy atom. The normalized spacial score (nSPS) is 10.9. The number of carbonyl (C=O) groups excluding carboxylic acids is 1. The van der Waals surface area contributed by atoms with Crippen molar-refractivity contribution in [1.82, 2.24) is 0 Å². The van der Waals surface area contributed by atoms with Gasteiger partial charge in [-0.25, -0.2) is 0 Å². The predicted octanol–water partition coefficient (Wildman–Crippen LogP) is 1.94. The van der Waals surface area contributed by atoms with Gasteiger partial charge in [0.25, 0.3) is 0 Å². The zero-order chi connectivity index (χ0) is 15.1. The van der Waals surface area contributed by atoms with Gasteiger partial charge in [-0.1, -0.05) is 19.0 Å². The van der Waals surface area contributed by atoms with Gasteiger partial charge in [0, 0.05) is 11.5 Å². The summed E-state index contributed by atoms with van der Waals surface area (Å²) >= 11 is 0. The van der Waals surface area contributed by atoms with Gasteiger partial charge in [0.2, 0.25) is 11.5 Å². The summed E-state index contributed by atoms with van der Waals surface area (Å²) in [5, 5.41) is 3.79. The first-order chi connectivity index (χ1) is 9.54. The monoisotopic (exact) mass is 275 g/mol. The molecule has 20 heavy (non-hydrogen) atoms. The van der Waals surface area contributed by atoms with Crippen LogP contribution in [-0.2, 0) is 9.63 Å². The lowest BCUT2D eigenvalue weighted by Gasteiger charge is -2.05. The average molecular weight is 275 g/mol. The van der Waals surface area contributed by atoms with Crippen molar-refractivity contribution in [1.29, 1.82) is 0 Å². The lowest BCUT2D eigenvalue weighted by atomic mass is 9.97. The van der Waals surface area contributed by atoms with Crippen molar-refractivity contribution >= 4 is 17.2 Å². The fraction of sp³-hybridized carbons (Fsp3) is 0.357. The molecule has 0 aliphatic heterocycles. The largest absolute Gasteiger partial charge is 0.497 e. The number of methoxy groups -OCH3 is 1. The Morgan fingerprint density at radius 1 is 1.25 bits per heavy atom. The van der Waals surface area contributed by atoms with Crippen LogP contribution in [0.15, 0.2) is 29.4 Å². The summed E-state index contributed by atoms with van der Waals surface area (Å²) in [7, 11) is 2.92. The molecule has 0 radical (unpaired) electrons. The third-order valence-corrected chi connectivity index (χ3v) is 2.63. The first-order valence-electron chi connectivity index (χ1n) is 6.07. The third-order valence-electron chi connectivity index (χ3n) is 2.63. The summed E-state index contributed by atoms with van der Waals surface area (Å²) in [6.45, 7) is 3.43. The Bertz CT molecular complexity index is 556. The van der Waals surface area contributed by atoms with Gasteiger partial charge in [0.05, 0.1) is 7.11 Å². The molecule has 0 aromatic heterocycles. The van der Waals surface area contributed by atoms with Crippen LogP contribution in [0.3, 0.4) is 0 Å². The van der Waals surface area contributed by atoms with Crippen LogP contribution in [0, 0.1) is 5.92 Å². The van der Waals surface area contributed by atoms with E-state index in [2.05, 4.69) is 9.95 Å². The van der Waals surface area contributed by atoms with Gasteiger partial charge in [0.15, 0.2) is 0 Å². The number of hydrogen-bond acceptors (Lipinski definition) is 4. The average Bonchev–Trinajstić information content (AvgIpc) is 2.47. The number of nitrogens with zero attached hydrogens (tertiary/aromatic N) is 3. The quantitative estimate of drug-likeness (QED) is 0.344. The van der Waals surface area contributed by atoms with E-state index in [1.807, 2.05) is 0 Å². The van der Waals surface area contributed by atoms with Crippen molar-refractivity contribution in [3.63, 3.8) is 0 Å². The molecule has 0 saturated carbocycles. The standard InChI is InChI=1S/C14H17N3O3/c1-9(2)14(18)13(16-15)12(17-20-4)10-5-7-11(19-3)8-6-10/h5-9H,1-4H3/b17-12-. The molecule has 0 atom stereocenters. The van der Waals surface area contributed by atoms with Crippen LogP contribution in [-0.4, -0.2) is 36.2 Å². The molecule has 0 fully saturated rings. The Labute approximate surface area is 117 Å². The highest BCUT2D eigenvalue weighted by atomic mass is 16.6. The second-order valence-electron chi connectivity index (χ2n) is 4.32. The maximum atomic E-state index is 12.0. The molecule has 1 rings (SSSR count). The topological polar surface area (TPSA) is 84.3 Å². The van der Waals surface area contributed by atoms with Crippen molar-refractivity contribution in [2.45, 2.75) is 13.8 Å². The molecular weight excluding hydrogens is 258 g/mol. The maximum absolute atomic E-state index is 12.0. The number of Topliss-reactive ketones (excluding diaryl/α,β-unsaturated/α-hetero) is 1. The smallest absolute Gasteiger partial charge is 0.387 e. The molecule has 0 amide bonds. The van der Waals surface area contributed by atoms with Gasteiger partial charge in [-0.2, -0.15) is 4.79 Å². The van der Waals surface area contributed by atoms with E-state index in [0.717, 1.165) is 0 Å². The molecule has 0 bridgehead atoms. The van der Waals surface area contributed by atoms with Crippen molar-refractivity contribution in [3.8, 4) is 5.75 Å². The molecule has 6 nitrogen and oxygen atoms in total. The molecule has 0 unspecified atom stereocenters. The minimum Gasteiger partial charge on any atom is -0.497 e. The predicted molar refractivity (Wildman–Crippen MR) is 75.0 cm³/mol. The number of hydrogen-bond donors (Lipinski definition) is 0. The fourth-order valence-corrected chi connectivity index (χ4v) is 1.56. The van der Waals surface area contributed by atoms with Gasteiger partial charge < -0.3 is 15.1 Å². The second-order valence-corrected chi connectivity index (χ2v) is 4.32. The van der Waals surface area contributed by atoms with Crippen LogP contribution in [0.4, 0.5) is 0 Å². The van der Waals surface area contributed by atoms with Gasteiger partial charge >= 0.3 is 5.71 Å².